The van der Waals surface area contributed by atoms with Crippen LogP contribution in [0.4, 0.5) is 0 Å². The standard InChI is InChI=1S/C14H19N5OS/c1-2-12-13(21-17-16-12)14(20)19-9-4-3-6-11(19)10-18-8-5-7-15-18/h5,7-8,11H,2-4,6,9-10H2,1H3/t11-/m0/s1. The molecule has 3 heterocycles. The summed E-state index contributed by atoms with van der Waals surface area (Å²) in [5.74, 6) is 0.0821. The van der Waals surface area contributed by atoms with E-state index >= 15 is 0 Å². The molecule has 1 fully saturated rings. The van der Waals surface area contributed by atoms with Gasteiger partial charge in [0.2, 0.25) is 0 Å². The molecule has 1 atom stereocenters. The predicted molar refractivity (Wildman–Crippen MR) is 80.2 cm³/mol. The van der Waals surface area contributed by atoms with Crippen molar-refractivity contribution in [3.63, 3.8) is 0 Å². The van der Waals surface area contributed by atoms with E-state index in [0.717, 1.165) is 44.5 Å². The largest absolute Gasteiger partial charge is 0.333 e. The quantitative estimate of drug-likeness (QED) is 0.866. The fraction of sp³-hybridized carbons (Fsp3) is 0.571. The van der Waals surface area contributed by atoms with Gasteiger partial charge in [-0.15, -0.1) is 5.10 Å². The summed E-state index contributed by atoms with van der Waals surface area (Å²) >= 11 is 1.21. The van der Waals surface area contributed by atoms with Gasteiger partial charge in [0.1, 0.15) is 4.88 Å². The second-order valence-electron chi connectivity index (χ2n) is 5.28. The van der Waals surface area contributed by atoms with Gasteiger partial charge in [-0.3, -0.25) is 9.48 Å². The molecule has 1 aliphatic rings. The minimum Gasteiger partial charge on any atom is -0.333 e. The number of piperidine rings is 1. The summed E-state index contributed by atoms with van der Waals surface area (Å²) in [6.07, 6.45) is 7.72. The first-order valence-electron chi connectivity index (χ1n) is 7.39. The summed E-state index contributed by atoms with van der Waals surface area (Å²) in [6, 6.07) is 2.12. The maximum Gasteiger partial charge on any atom is 0.267 e. The van der Waals surface area contributed by atoms with Crippen LogP contribution in [0.2, 0.25) is 0 Å². The number of likely N-dealkylation sites (tertiary alicyclic amines) is 1. The second kappa shape index (κ2) is 6.34. The zero-order valence-corrected chi connectivity index (χ0v) is 12.9. The van der Waals surface area contributed by atoms with Crippen LogP contribution < -0.4 is 0 Å². The molecule has 2 aromatic heterocycles. The zero-order valence-electron chi connectivity index (χ0n) is 12.1. The van der Waals surface area contributed by atoms with Gasteiger partial charge in [0.25, 0.3) is 5.91 Å². The Bertz CT molecular complexity index is 594. The van der Waals surface area contributed by atoms with Crippen molar-refractivity contribution in [2.24, 2.45) is 0 Å². The van der Waals surface area contributed by atoms with Gasteiger partial charge >= 0.3 is 0 Å². The lowest BCUT2D eigenvalue weighted by molar-refractivity contribution is 0.0587. The van der Waals surface area contributed by atoms with Crippen LogP contribution in [0.15, 0.2) is 18.5 Å². The van der Waals surface area contributed by atoms with Gasteiger partial charge in [-0.2, -0.15) is 5.10 Å². The zero-order chi connectivity index (χ0) is 14.7. The molecule has 0 aromatic carbocycles. The van der Waals surface area contributed by atoms with E-state index in [-0.39, 0.29) is 11.9 Å². The number of hydrogen-bond acceptors (Lipinski definition) is 5. The van der Waals surface area contributed by atoms with E-state index in [4.69, 9.17) is 0 Å². The van der Waals surface area contributed by atoms with Gasteiger partial charge in [0.15, 0.2) is 0 Å². The lowest BCUT2D eigenvalue weighted by Crippen LogP contribution is -2.45. The van der Waals surface area contributed by atoms with E-state index < -0.39 is 0 Å². The summed E-state index contributed by atoms with van der Waals surface area (Å²) in [5.41, 5.74) is 0.813. The summed E-state index contributed by atoms with van der Waals surface area (Å²) in [6.45, 7) is 3.57. The van der Waals surface area contributed by atoms with E-state index in [9.17, 15) is 4.79 Å². The number of aryl methyl sites for hydroxylation is 1. The van der Waals surface area contributed by atoms with Crippen molar-refractivity contribution in [1.82, 2.24) is 24.3 Å². The van der Waals surface area contributed by atoms with Crippen molar-refractivity contribution in [1.29, 1.82) is 0 Å². The Morgan fingerprint density at radius 2 is 2.38 bits per heavy atom. The van der Waals surface area contributed by atoms with Crippen molar-refractivity contribution in [3.8, 4) is 0 Å². The van der Waals surface area contributed by atoms with Crippen LogP contribution in [0, 0.1) is 0 Å². The third kappa shape index (κ3) is 2.97. The molecule has 0 radical (unpaired) electrons. The Morgan fingerprint density at radius 1 is 1.48 bits per heavy atom. The number of carbonyl (C=O) groups is 1. The molecule has 3 rings (SSSR count). The van der Waals surface area contributed by atoms with E-state index in [1.165, 1.54) is 11.5 Å². The summed E-state index contributed by atoms with van der Waals surface area (Å²) in [7, 11) is 0. The van der Waals surface area contributed by atoms with Crippen molar-refractivity contribution in [2.75, 3.05) is 6.54 Å². The van der Waals surface area contributed by atoms with E-state index in [1.54, 1.807) is 6.20 Å². The molecule has 0 unspecified atom stereocenters. The van der Waals surface area contributed by atoms with Crippen LogP contribution in [-0.4, -0.2) is 42.8 Å². The lowest BCUT2D eigenvalue weighted by atomic mass is 10.0. The number of nitrogens with zero attached hydrogens (tertiary/aromatic N) is 5. The van der Waals surface area contributed by atoms with E-state index in [0.29, 0.717) is 4.88 Å². The van der Waals surface area contributed by atoms with Gasteiger partial charge in [-0.1, -0.05) is 11.4 Å². The first-order chi connectivity index (χ1) is 10.3. The summed E-state index contributed by atoms with van der Waals surface area (Å²) < 4.78 is 5.84. The molecule has 6 nitrogen and oxygen atoms in total. The highest BCUT2D eigenvalue weighted by Gasteiger charge is 2.30. The fourth-order valence-electron chi connectivity index (χ4n) is 2.81. The van der Waals surface area contributed by atoms with Gasteiger partial charge in [0, 0.05) is 18.9 Å². The number of hydrogen-bond donors (Lipinski definition) is 0. The Labute approximate surface area is 127 Å². The highest BCUT2D eigenvalue weighted by Crippen LogP contribution is 2.23. The van der Waals surface area contributed by atoms with Crippen LogP contribution in [0.1, 0.15) is 41.6 Å². The Morgan fingerprint density at radius 3 is 3.14 bits per heavy atom. The Balaban J connectivity index is 1.79. The third-order valence-electron chi connectivity index (χ3n) is 3.93. The smallest absolute Gasteiger partial charge is 0.267 e. The molecule has 21 heavy (non-hydrogen) atoms. The first-order valence-corrected chi connectivity index (χ1v) is 8.16. The van der Waals surface area contributed by atoms with Gasteiger partial charge in [0.05, 0.1) is 18.3 Å². The molecule has 2 aromatic rings. The maximum atomic E-state index is 12.8. The predicted octanol–water partition coefficient (Wildman–Crippen LogP) is 1.99. The van der Waals surface area contributed by atoms with Crippen LogP contribution in [0.3, 0.4) is 0 Å². The average molecular weight is 305 g/mol. The number of rotatable bonds is 4. The molecule has 7 heteroatoms. The molecular weight excluding hydrogens is 286 g/mol. The minimum absolute atomic E-state index is 0.0821. The SMILES string of the molecule is CCc1nnsc1C(=O)N1CCCC[C@H]1Cn1cccn1. The van der Waals surface area contributed by atoms with Crippen LogP contribution in [0.25, 0.3) is 0 Å². The van der Waals surface area contributed by atoms with Crippen molar-refractivity contribution in [3.05, 3.63) is 29.0 Å². The Hall–Kier alpha value is -1.76. The number of carbonyl (C=O) groups excluding carboxylic acids is 1. The first kappa shape index (κ1) is 14.2. The van der Waals surface area contributed by atoms with Crippen LogP contribution >= 0.6 is 11.5 Å². The van der Waals surface area contributed by atoms with Gasteiger partial charge in [-0.25, -0.2) is 0 Å². The molecule has 0 aliphatic carbocycles. The molecule has 112 valence electrons. The molecule has 0 spiro atoms. The lowest BCUT2D eigenvalue weighted by Gasteiger charge is -2.35. The third-order valence-corrected chi connectivity index (χ3v) is 4.69. The normalized spacial score (nSPS) is 18.9. The molecule has 0 bridgehead atoms. The molecule has 0 saturated carbocycles. The van der Waals surface area contributed by atoms with Crippen molar-refractivity contribution < 1.29 is 4.79 Å². The minimum atomic E-state index is 0.0821. The number of amides is 1. The topological polar surface area (TPSA) is 63.9 Å². The Kier molecular flexibility index (Phi) is 4.28. The van der Waals surface area contributed by atoms with E-state index in [1.807, 2.05) is 28.8 Å². The maximum absolute atomic E-state index is 12.8. The van der Waals surface area contributed by atoms with Crippen LogP contribution in [0.5, 0.6) is 0 Å². The van der Waals surface area contributed by atoms with Gasteiger partial charge < -0.3 is 4.90 Å². The highest BCUT2D eigenvalue weighted by molar-refractivity contribution is 7.08. The van der Waals surface area contributed by atoms with Gasteiger partial charge in [-0.05, 0) is 43.3 Å². The molecular formula is C14H19N5OS. The molecule has 1 aliphatic heterocycles. The number of aromatic nitrogens is 4. The monoisotopic (exact) mass is 305 g/mol. The van der Waals surface area contributed by atoms with Crippen LogP contribution in [-0.2, 0) is 13.0 Å². The average Bonchev–Trinajstić information content (AvgIpc) is 3.18. The second-order valence-corrected chi connectivity index (χ2v) is 6.03. The van der Waals surface area contributed by atoms with Crippen molar-refractivity contribution >= 4 is 17.4 Å². The molecule has 0 N–H and O–H groups in total. The summed E-state index contributed by atoms with van der Waals surface area (Å²) in [5, 5.41) is 8.31. The fourth-order valence-corrected chi connectivity index (χ4v) is 3.52. The highest BCUT2D eigenvalue weighted by atomic mass is 32.1. The van der Waals surface area contributed by atoms with Crippen molar-refractivity contribution in [2.45, 2.75) is 45.2 Å². The molecule has 1 amide bonds. The summed E-state index contributed by atoms with van der Waals surface area (Å²) in [4.78, 5) is 15.5. The van der Waals surface area contributed by atoms with E-state index in [2.05, 4.69) is 14.7 Å². The molecule has 1 saturated heterocycles.